The van der Waals surface area contributed by atoms with Crippen LogP contribution in [-0.4, -0.2) is 30.1 Å². The second-order valence-corrected chi connectivity index (χ2v) is 4.49. The molecule has 0 aliphatic heterocycles. The van der Waals surface area contributed by atoms with Gasteiger partial charge in [0.25, 0.3) is 0 Å². The molecule has 0 saturated carbocycles. The lowest BCUT2D eigenvalue weighted by molar-refractivity contribution is -0.139. The van der Waals surface area contributed by atoms with Crippen LogP contribution in [0.1, 0.15) is 31.1 Å². The minimum Gasteiger partial charge on any atom is -0.489 e. The molecule has 0 saturated heterocycles. The molecule has 0 aliphatic rings. The largest absolute Gasteiger partial charge is 0.489 e. The van der Waals surface area contributed by atoms with Crippen LogP contribution in [0.15, 0.2) is 29.8 Å². The number of Topliss-reactive ketones (excluding diaryl/α,β-unsaturated/α-hetero) is 1. The second kappa shape index (κ2) is 7.33. The average Bonchev–Trinajstić information content (AvgIpc) is 2.35. The number of ether oxygens (including phenoxy) is 2. The Balaban J connectivity index is 2.88. The number of carbonyl (C=O) groups excluding carboxylic acids is 1. The molecule has 0 heterocycles. The van der Waals surface area contributed by atoms with Crippen molar-refractivity contribution in [2.24, 2.45) is 0 Å². The van der Waals surface area contributed by atoms with Crippen LogP contribution < -0.4 is 9.47 Å². The van der Waals surface area contributed by atoms with Crippen LogP contribution in [0.2, 0.25) is 0 Å². The second-order valence-electron chi connectivity index (χ2n) is 4.49. The molecule has 0 aliphatic carbocycles. The molecule has 0 aromatic heterocycles. The Morgan fingerprint density at radius 1 is 1.20 bits per heavy atom. The van der Waals surface area contributed by atoms with Crippen LogP contribution in [0.5, 0.6) is 11.5 Å². The first kappa shape index (κ1) is 15.8. The van der Waals surface area contributed by atoms with Crippen molar-refractivity contribution < 1.29 is 24.2 Å². The van der Waals surface area contributed by atoms with Crippen molar-refractivity contribution in [2.45, 2.75) is 20.8 Å². The number of aliphatic carboxylic acids is 1. The Bertz CT molecular complexity index is 527. The smallest absolute Gasteiger partial charge is 0.341 e. The van der Waals surface area contributed by atoms with Crippen molar-refractivity contribution in [1.29, 1.82) is 0 Å². The quantitative estimate of drug-likeness (QED) is 0.613. The predicted molar refractivity (Wildman–Crippen MR) is 74.5 cm³/mol. The Morgan fingerprint density at radius 2 is 1.90 bits per heavy atom. The lowest BCUT2D eigenvalue weighted by Gasteiger charge is -2.10. The summed E-state index contributed by atoms with van der Waals surface area (Å²) in [4.78, 5) is 22.0. The molecule has 108 valence electrons. The zero-order chi connectivity index (χ0) is 15.1. The van der Waals surface area contributed by atoms with Crippen molar-refractivity contribution in [3.63, 3.8) is 0 Å². The van der Waals surface area contributed by atoms with E-state index in [1.54, 1.807) is 12.1 Å². The van der Waals surface area contributed by atoms with Gasteiger partial charge in [0.15, 0.2) is 12.4 Å². The molecule has 0 fully saturated rings. The molecule has 0 bridgehead atoms. The number of carbonyl (C=O) groups is 2. The van der Waals surface area contributed by atoms with Gasteiger partial charge in [-0.15, -0.1) is 0 Å². The van der Waals surface area contributed by atoms with Gasteiger partial charge in [0.2, 0.25) is 0 Å². The number of hydrogen-bond donors (Lipinski definition) is 1. The number of hydrogen-bond acceptors (Lipinski definition) is 4. The number of carboxylic acid groups (broad SMARTS) is 1. The fraction of sp³-hybridized carbons (Fsp3) is 0.333. The minimum atomic E-state index is -1.10. The zero-order valence-corrected chi connectivity index (χ0v) is 11.8. The SMILES string of the molecule is CC(=O)c1ccc(OCC=C(C)C)cc1OCC(=O)O. The van der Waals surface area contributed by atoms with Gasteiger partial charge in [-0.2, -0.15) is 0 Å². The molecule has 5 nitrogen and oxygen atoms in total. The van der Waals surface area contributed by atoms with Crippen molar-refractivity contribution in [1.82, 2.24) is 0 Å². The summed E-state index contributed by atoms with van der Waals surface area (Å²) in [6, 6.07) is 4.75. The maximum absolute atomic E-state index is 11.4. The molecule has 0 radical (unpaired) electrons. The summed E-state index contributed by atoms with van der Waals surface area (Å²) in [6.07, 6.45) is 1.91. The van der Waals surface area contributed by atoms with E-state index in [1.807, 2.05) is 19.9 Å². The van der Waals surface area contributed by atoms with Gasteiger partial charge in [0.1, 0.15) is 18.1 Å². The third-order valence-electron chi connectivity index (χ3n) is 2.43. The van der Waals surface area contributed by atoms with E-state index < -0.39 is 12.6 Å². The number of carboxylic acids is 1. The van der Waals surface area contributed by atoms with Gasteiger partial charge in [0.05, 0.1) is 5.56 Å². The summed E-state index contributed by atoms with van der Waals surface area (Å²) >= 11 is 0. The lowest BCUT2D eigenvalue weighted by Crippen LogP contribution is -2.11. The van der Waals surface area contributed by atoms with E-state index in [1.165, 1.54) is 13.0 Å². The van der Waals surface area contributed by atoms with Crippen molar-refractivity contribution >= 4 is 11.8 Å². The fourth-order valence-corrected chi connectivity index (χ4v) is 1.45. The molecule has 1 N–H and O–H groups in total. The van der Waals surface area contributed by atoms with Crippen LogP contribution in [0.4, 0.5) is 0 Å². The van der Waals surface area contributed by atoms with E-state index in [4.69, 9.17) is 14.6 Å². The third-order valence-corrected chi connectivity index (χ3v) is 2.43. The summed E-state index contributed by atoms with van der Waals surface area (Å²) in [6.45, 7) is 5.22. The first-order chi connectivity index (χ1) is 9.40. The van der Waals surface area contributed by atoms with Crippen LogP contribution in [0.25, 0.3) is 0 Å². The predicted octanol–water partition coefficient (Wildman–Crippen LogP) is 2.70. The molecule has 0 unspecified atom stereocenters. The molecule has 1 rings (SSSR count). The van der Waals surface area contributed by atoms with Gasteiger partial charge in [-0.1, -0.05) is 5.57 Å². The molecule has 0 atom stereocenters. The summed E-state index contributed by atoms with van der Waals surface area (Å²) in [5, 5.41) is 8.63. The van der Waals surface area contributed by atoms with Gasteiger partial charge < -0.3 is 14.6 Å². The van der Waals surface area contributed by atoms with Gasteiger partial charge in [-0.3, -0.25) is 4.79 Å². The average molecular weight is 278 g/mol. The fourth-order valence-electron chi connectivity index (χ4n) is 1.45. The van der Waals surface area contributed by atoms with Crippen molar-refractivity contribution in [3.8, 4) is 11.5 Å². The first-order valence-corrected chi connectivity index (χ1v) is 6.16. The summed E-state index contributed by atoms with van der Waals surface area (Å²) in [5.41, 5.74) is 1.47. The Hall–Kier alpha value is -2.30. The maximum Gasteiger partial charge on any atom is 0.341 e. The van der Waals surface area contributed by atoms with Gasteiger partial charge in [0, 0.05) is 6.07 Å². The molecule has 1 aromatic rings. The summed E-state index contributed by atoms with van der Waals surface area (Å²) in [5.74, 6) is -0.556. The third kappa shape index (κ3) is 5.14. The van der Waals surface area contributed by atoms with E-state index in [0.717, 1.165) is 5.57 Å². The minimum absolute atomic E-state index is 0.193. The zero-order valence-electron chi connectivity index (χ0n) is 11.8. The van der Waals surface area contributed by atoms with E-state index in [0.29, 0.717) is 17.9 Å². The molecule has 5 heteroatoms. The normalized spacial score (nSPS) is 9.75. The maximum atomic E-state index is 11.4. The van der Waals surface area contributed by atoms with Crippen LogP contribution in [-0.2, 0) is 4.79 Å². The van der Waals surface area contributed by atoms with Crippen LogP contribution in [0, 0.1) is 0 Å². The molecular formula is C15H18O5. The number of rotatable bonds is 7. The van der Waals surface area contributed by atoms with Crippen molar-refractivity contribution in [3.05, 3.63) is 35.4 Å². The summed E-state index contributed by atoms with van der Waals surface area (Å²) < 4.78 is 10.6. The van der Waals surface area contributed by atoms with E-state index in [2.05, 4.69) is 0 Å². The Kier molecular flexibility index (Phi) is 5.77. The number of ketones is 1. The molecular weight excluding hydrogens is 260 g/mol. The highest BCUT2D eigenvalue weighted by molar-refractivity contribution is 5.97. The Morgan fingerprint density at radius 3 is 2.45 bits per heavy atom. The highest BCUT2D eigenvalue weighted by atomic mass is 16.5. The van der Waals surface area contributed by atoms with Crippen molar-refractivity contribution in [2.75, 3.05) is 13.2 Å². The first-order valence-electron chi connectivity index (χ1n) is 6.16. The van der Waals surface area contributed by atoms with Gasteiger partial charge >= 0.3 is 5.97 Å². The van der Waals surface area contributed by atoms with E-state index in [-0.39, 0.29) is 11.5 Å². The number of benzene rings is 1. The molecule has 0 amide bonds. The Labute approximate surface area is 117 Å². The standard InChI is InChI=1S/C15H18O5/c1-10(2)6-7-19-12-4-5-13(11(3)16)14(8-12)20-9-15(17)18/h4-6,8H,7,9H2,1-3H3,(H,17,18). The van der Waals surface area contributed by atoms with Gasteiger partial charge in [-0.25, -0.2) is 4.79 Å². The molecule has 0 spiro atoms. The summed E-state index contributed by atoms with van der Waals surface area (Å²) in [7, 11) is 0. The number of allylic oxidation sites excluding steroid dienone is 1. The highest BCUT2D eigenvalue weighted by Crippen LogP contribution is 2.25. The van der Waals surface area contributed by atoms with Crippen LogP contribution in [0.3, 0.4) is 0 Å². The highest BCUT2D eigenvalue weighted by Gasteiger charge is 2.11. The van der Waals surface area contributed by atoms with E-state index >= 15 is 0 Å². The molecule has 20 heavy (non-hydrogen) atoms. The topological polar surface area (TPSA) is 72.8 Å². The molecule has 1 aromatic carbocycles. The van der Waals surface area contributed by atoms with E-state index in [9.17, 15) is 9.59 Å². The van der Waals surface area contributed by atoms with Crippen LogP contribution >= 0.6 is 0 Å². The monoisotopic (exact) mass is 278 g/mol. The lowest BCUT2D eigenvalue weighted by atomic mass is 10.1. The van der Waals surface area contributed by atoms with Gasteiger partial charge in [-0.05, 0) is 39.0 Å².